The molecular weight excluding hydrogens is 329 g/mol. The van der Waals surface area contributed by atoms with Crippen LogP contribution in [-0.4, -0.2) is 14.6 Å². The van der Waals surface area contributed by atoms with E-state index < -0.39 is 0 Å². The van der Waals surface area contributed by atoms with Gasteiger partial charge in [0.2, 0.25) is 0 Å². The van der Waals surface area contributed by atoms with Gasteiger partial charge >= 0.3 is 0 Å². The molecule has 1 aromatic carbocycles. The van der Waals surface area contributed by atoms with Gasteiger partial charge in [-0.1, -0.05) is 30.0 Å². The Hall–Kier alpha value is -2.18. The Kier molecular flexibility index (Phi) is 3.85. The fraction of sp³-hybridized carbons (Fsp3) is 0.0588. The summed E-state index contributed by atoms with van der Waals surface area (Å²) >= 11 is 3.25. The maximum absolute atomic E-state index is 13.3. The molecule has 0 atom stereocenters. The van der Waals surface area contributed by atoms with Gasteiger partial charge in [0, 0.05) is 18.1 Å². The van der Waals surface area contributed by atoms with E-state index in [9.17, 15) is 4.39 Å². The third-order valence-electron chi connectivity index (χ3n) is 3.39. The molecule has 23 heavy (non-hydrogen) atoms. The molecule has 0 radical (unpaired) electrons. The summed E-state index contributed by atoms with van der Waals surface area (Å²) in [7, 11) is 0. The predicted molar refractivity (Wildman–Crippen MR) is 92.3 cm³/mol. The molecule has 114 valence electrons. The molecule has 0 aliphatic carbocycles. The second-order valence-corrected chi connectivity index (χ2v) is 6.90. The first-order valence-corrected chi connectivity index (χ1v) is 8.92. The SMILES string of the molecule is Fc1cccc(CSc2nccn3nc(-c4cccs4)cc23)c1. The summed E-state index contributed by atoms with van der Waals surface area (Å²) < 4.78 is 15.1. The Balaban J connectivity index is 1.64. The van der Waals surface area contributed by atoms with Crippen LogP contribution in [0.5, 0.6) is 0 Å². The molecule has 0 amide bonds. The number of hydrogen-bond donors (Lipinski definition) is 0. The first-order valence-electron chi connectivity index (χ1n) is 7.05. The van der Waals surface area contributed by atoms with Gasteiger partial charge in [0.05, 0.1) is 10.4 Å². The van der Waals surface area contributed by atoms with Gasteiger partial charge in [-0.25, -0.2) is 13.9 Å². The van der Waals surface area contributed by atoms with Crippen LogP contribution < -0.4 is 0 Å². The average Bonchev–Trinajstić information content (AvgIpc) is 3.21. The van der Waals surface area contributed by atoms with Crippen molar-refractivity contribution in [2.75, 3.05) is 0 Å². The standard InChI is InChI=1S/C17H12FN3S2/c18-13-4-1-3-12(9-13)11-23-17-15-10-14(16-5-2-8-22-16)20-21(15)7-6-19-17/h1-10H,11H2. The highest BCUT2D eigenvalue weighted by Crippen LogP contribution is 2.29. The largest absolute Gasteiger partial charge is 0.246 e. The lowest BCUT2D eigenvalue weighted by Gasteiger charge is -2.03. The molecule has 3 heterocycles. The van der Waals surface area contributed by atoms with E-state index in [4.69, 9.17) is 0 Å². The van der Waals surface area contributed by atoms with E-state index in [1.165, 1.54) is 6.07 Å². The second kappa shape index (κ2) is 6.14. The van der Waals surface area contributed by atoms with Crippen molar-refractivity contribution in [1.29, 1.82) is 0 Å². The molecule has 0 fully saturated rings. The summed E-state index contributed by atoms with van der Waals surface area (Å²) in [5.74, 6) is 0.461. The van der Waals surface area contributed by atoms with Gasteiger partial charge in [0.25, 0.3) is 0 Å². The molecule has 0 N–H and O–H groups in total. The quantitative estimate of drug-likeness (QED) is 0.495. The van der Waals surface area contributed by atoms with Crippen molar-refractivity contribution in [2.45, 2.75) is 10.8 Å². The molecule has 0 saturated heterocycles. The number of thiophene rings is 1. The van der Waals surface area contributed by atoms with Crippen LogP contribution in [0.4, 0.5) is 4.39 Å². The summed E-state index contributed by atoms with van der Waals surface area (Å²) in [6.07, 6.45) is 3.59. The fourth-order valence-corrected chi connectivity index (χ4v) is 3.93. The number of hydrogen-bond acceptors (Lipinski definition) is 4. The van der Waals surface area contributed by atoms with E-state index in [0.29, 0.717) is 5.75 Å². The van der Waals surface area contributed by atoms with Crippen LogP contribution in [0.2, 0.25) is 0 Å². The highest BCUT2D eigenvalue weighted by Gasteiger charge is 2.10. The smallest absolute Gasteiger partial charge is 0.123 e. The molecule has 3 aromatic heterocycles. The lowest BCUT2D eigenvalue weighted by Crippen LogP contribution is -1.91. The van der Waals surface area contributed by atoms with Crippen molar-refractivity contribution in [1.82, 2.24) is 14.6 Å². The van der Waals surface area contributed by atoms with Crippen LogP contribution in [0.15, 0.2) is 65.3 Å². The van der Waals surface area contributed by atoms with Gasteiger partial charge in [-0.15, -0.1) is 11.3 Å². The number of nitrogens with zero attached hydrogens (tertiary/aromatic N) is 3. The molecule has 0 aliphatic heterocycles. The summed E-state index contributed by atoms with van der Waals surface area (Å²) in [6, 6.07) is 12.8. The van der Waals surface area contributed by atoms with Crippen LogP contribution in [0, 0.1) is 5.82 Å². The first-order chi connectivity index (χ1) is 11.3. The van der Waals surface area contributed by atoms with Crippen molar-refractivity contribution in [2.24, 2.45) is 0 Å². The van der Waals surface area contributed by atoms with E-state index in [1.807, 2.05) is 34.3 Å². The van der Waals surface area contributed by atoms with E-state index in [0.717, 1.165) is 26.7 Å². The Morgan fingerprint density at radius 3 is 2.96 bits per heavy atom. The zero-order valence-electron chi connectivity index (χ0n) is 12.0. The van der Waals surface area contributed by atoms with E-state index in [1.54, 1.807) is 41.4 Å². The Morgan fingerprint density at radius 1 is 1.17 bits per heavy atom. The third kappa shape index (κ3) is 3.00. The third-order valence-corrected chi connectivity index (χ3v) is 5.35. The maximum Gasteiger partial charge on any atom is 0.123 e. The number of halogens is 1. The molecule has 4 aromatic rings. The number of fused-ring (bicyclic) bond motifs is 1. The molecule has 0 unspecified atom stereocenters. The summed E-state index contributed by atoms with van der Waals surface area (Å²) in [6.45, 7) is 0. The Labute approximate surface area is 140 Å². The Bertz CT molecular complexity index is 948. The molecule has 0 spiro atoms. The van der Waals surface area contributed by atoms with Crippen molar-refractivity contribution in [3.8, 4) is 10.6 Å². The predicted octanol–water partition coefficient (Wildman–Crippen LogP) is 4.89. The zero-order chi connectivity index (χ0) is 15.6. The maximum atomic E-state index is 13.3. The van der Waals surface area contributed by atoms with Crippen molar-refractivity contribution in [3.63, 3.8) is 0 Å². The summed E-state index contributed by atoms with van der Waals surface area (Å²) in [5, 5.41) is 7.53. The summed E-state index contributed by atoms with van der Waals surface area (Å²) in [4.78, 5) is 5.58. The van der Waals surface area contributed by atoms with Crippen molar-refractivity contribution in [3.05, 3.63) is 71.6 Å². The topological polar surface area (TPSA) is 30.2 Å². The van der Waals surface area contributed by atoms with Crippen LogP contribution in [-0.2, 0) is 5.75 Å². The van der Waals surface area contributed by atoms with Gasteiger partial charge in [-0.3, -0.25) is 0 Å². The van der Waals surface area contributed by atoms with Gasteiger partial charge in [-0.2, -0.15) is 5.10 Å². The van der Waals surface area contributed by atoms with Gasteiger partial charge in [-0.05, 0) is 35.2 Å². The lowest BCUT2D eigenvalue weighted by molar-refractivity contribution is 0.626. The molecule has 0 aliphatic rings. The lowest BCUT2D eigenvalue weighted by atomic mass is 10.2. The molecule has 0 saturated carbocycles. The van der Waals surface area contributed by atoms with Crippen LogP contribution >= 0.6 is 23.1 Å². The first kappa shape index (κ1) is 14.4. The Morgan fingerprint density at radius 2 is 2.13 bits per heavy atom. The minimum atomic E-state index is -0.210. The molecule has 6 heteroatoms. The van der Waals surface area contributed by atoms with E-state index >= 15 is 0 Å². The van der Waals surface area contributed by atoms with Crippen molar-refractivity contribution >= 4 is 28.6 Å². The van der Waals surface area contributed by atoms with Crippen LogP contribution in [0.3, 0.4) is 0 Å². The number of benzene rings is 1. The minimum Gasteiger partial charge on any atom is -0.246 e. The van der Waals surface area contributed by atoms with Gasteiger partial charge in [0.1, 0.15) is 16.5 Å². The molecule has 0 bridgehead atoms. The van der Waals surface area contributed by atoms with Gasteiger partial charge in [0.15, 0.2) is 0 Å². The molecule has 3 nitrogen and oxygen atoms in total. The van der Waals surface area contributed by atoms with Crippen LogP contribution in [0.1, 0.15) is 5.56 Å². The van der Waals surface area contributed by atoms with Crippen molar-refractivity contribution < 1.29 is 4.39 Å². The second-order valence-electron chi connectivity index (χ2n) is 4.99. The van der Waals surface area contributed by atoms with Crippen LogP contribution in [0.25, 0.3) is 16.1 Å². The summed E-state index contributed by atoms with van der Waals surface area (Å²) in [5.41, 5.74) is 2.86. The molecular formula is C17H12FN3S2. The normalized spacial score (nSPS) is 11.2. The highest BCUT2D eigenvalue weighted by molar-refractivity contribution is 7.98. The zero-order valence-corrected chi connectivity index (χ0v) is 13.6. The minimum absolute atomic E-state index is 0.210. The number of aromatic nitrogens is 3. The number of rotatable bonds is 4. The monoisotopic (exact) mass is 341 g/mol. The number of thioether (sulfide) groups is 1. The average molecular weight is 341 g/mol. The highest BCUT2D eigenvalue weighted by atomic mass is 32.2. The van der Waals surface area contributed by atoms with E-state index in [2.05, 4.69) is 16.1 Å². The van der Waals surface area contributed by atoms with Gasteiger partial charge < -0.3 is 0 Å². The molecule has 4 rings (SSSR count). The fourth-order valence-electron chi connectivity index (χ4n) is 2.33. The van der Waals surface area contributed by atoms with E-state index in [-0.39, 0.29) is 5.82 Å².